The Balaban J connectivity index is 1.51. The highest BCUT2D eigenvalue weighted by Crippen LogP contribution is 2.29. The maximum atomic E-state index is 13.5. The van der Waals surface area contributed by atoms with Crippen LogP contribution in [-0.4, -0.2) is 32.3 Å². The van der Waals surface area contributed by atoms with Crippen molar-refractivity contribution in [1.82, 2.24) is 24.6 Å². The van der Waals surface area contributed by atoms with Crippen LogP contribution in [-0.2, 0) is 19.9 Å². The predicted octanol–water partition coefficient (Wildman–Crippen LogP) is 3.62. The fraction of sp³-hybridized carbons (Fsp3) is 0.240. The first-order chi connectivity index (χ1) is 15.7. The summed E-state index contributed by atoms with van der Waals surface area (Å²) in [5.74, 6) is 1.32. The molecule has 7 heteroatoms. The molecule has 162 valence electrons. The average molecular weight is 428 g/mol. The highest BCUT2D eigenvalue weighted by molar-refractivity contribution is 5.94. The number of rotatable bonds is 6. The summed E-state index contributed by atoms with van der Waals surface area (Å²) in [6.07, 6.45) is 6.42. The molecule has 0 saturated heterocycles. The third-order valence-corrected chi connectivity index (χ3v) is 5.99. The van der Waals surface area contributed by atoms with Crippen LogP contribution in [0.15, 0.2) is 67.0 Å². The largest absolute Gasteiger partial charge is 0.497 e. The Bertz CT molecular complexity index is 1240. The molecule has 0 aliphatic heterocycles. The maximum Gasteiger partial charge on any atom is 0.272 e. The van der Waals surface area contributed by atoms with Crippen molar-refractivity contribution < 1.29 is 9.53 Å². The van der Waals surface area contributed by atoms with Gasteiger partial charge < -0.3 is 14.6 Å². The van der Waals surface area contributed by atoms with Crippen LogP contribution in [0.25, 0.3) is 5.69 Å². The van der Waals surface area contributed by atoms with Gasteiger partial charge in [0.1, 0.15) is 17.6 Å². The van der Waals surface area contributed by atoms with E-state index in [0.717, 1.165) is 53.3 Å². The molecular formula is C25H25N5O2. The first-order valence-electron chi connectivity index (χ1n) is 10.7. The highest BCUT2D eigenvalue weighted by atomic mass is 16.5. The number of benzene rings is 2. The van der Waals surface area contributed by atoms with Gasteiger partial charge in [0.05, 0.1) is 12.8 Å². The molecule has 2 aromatic carbocycles. The van der Waals surface area contributed by atoms with E-state index in [0.29, 0.717) is 5.69 Å². The Labute approximate surface area is 186 Å². The smallest absolute Gasteiger partial charge is 0.272 e. The van der Waals surface area contributed by atoms with Crippen LogP contribution in [0.3, 0.4) is 0 Å². The third kappa shape index (κ3) is 3.56. The number of hydrogen-bond acceptors (Lipinski definition) is 4. The number of fused-ring (bicyclic) bond motifs is 1. The Morgan fingerprint density at radius 2 is 1.88 bits per heavy atom. The second-order valence-corrected chi connectivity index (χ2v) is 7.95. The summed E-state index contributed by atoms with van der Waals surface area (Å²) >= 11 is 0. The molecular weight excluding hydrogens is 402 g/mol. The molecule has 1 amide bonds. The lowest BCUT2D eigenvalue weighted by molar-refractivity contribution is 0.0934. The maximum absolute atomic E-state index is 13.5. The monoisotopic (exact) mass is 427 g/mol. The van der Waals surface area contributed by atoms with E-state index in [2.05, 4.69) is 10.3 Å². The summed E-state index contributed by atoms with van der Waals surface area (Å²) in [5.41, 5.74) is 4.56. The van der Waals surface area contributed by atoms with Crippen molar-refractivity contribution in [1.29, 1.82) is 0 Å². The standard InChI is InChI=1S/C25H25N5O2/c1-29-16-15-26-24(29)22(17-11-13-19(32-2)14-12-17)27-25(31)23-20-9-6-10-21(20)30(28-23)18-7-4-3-5-8-18/h3-5,7-8,11-16,22H,6,9-10H2,1-2H3,(H,27,31)/t22-/m0/s1. The number of para-hydroxylation sites is 1. The molecule has 1 aliphatic carbocycles. The lowest BCUT2D eigenvalue weighted by Crippen LogP contribution is -2.32. The fourth-order valence-electron chi connectivity index (χ4n) is 4.35. The average Bonchev–Trinajstić information content (AvgIpc) is 3.55. The first-order valence-corrected chi connectivity index (χ1v) is 10.7. The van der Waals surface area contributed by atoms with Crippen molar-refractivity contribution in [3.8, 4) is 11.4 Å². The molecule has 2 heterocycles. The molecule has 0 bridgehead atoms. The fourth-order valence-corrected chi connectivity index (χ4v) is 4.35. The van der Waals surface area contributed by atoms with E-state index in [-0.39, 0.29) is 5.91 Å². The van der Waals surface area contributed by atoms with Crippen molar-refractivity contribution in [2.75, 3.05) is 7.11 Å². The number of methoxy groups -OCH3 is 1. The number of nitrogens with zero attached hydrogens (tertiary/aromatic N) is 4. The molecule has 0 unspecified atom stereocenters. The summed E-state index contributed by atoms with van der Waals surface area (Å²) < 4.78 is 9.12. The van der Waals surface area contributed by atoms with Crippen LogP contribution in [0, 0.1) is 0 Å². The molecule has 32 heavy (non-hydrogen) atoms. The number of amides is 1. The summed E-state index contributed by atoms with van der Waals surface area (Å²) in [6, 6.07) is 17.2. The van der Waals surface area contributed by atoms with Crippen LogP contribution < -0.4 is 10.1 Å². The SMILES string of the molecule is COc1ccc([C@H](NC(=O)c2nn(-c3ccccc3)c3c2CCC3)c2nccn2C)cc1. The minimum absolute atomic E-state index is 0.193. The molecule has 4 aromatic rings. The molecule has 5 rings (SSSR count). The Hall–Kier alpha value is -3.87. The first kappa shape index (κ1) is 20.1. The molecule has 0 saturated carbocycles. The molecule has 2 aromatic heterocycles. The normalized spacial score (nSPS) is 13.6. The van der Waals surface area contributed by atoms with Gasteiger partial charge in [-0.05, 0) is 49.1 Å². The zero-order valence-corrected chi connectivity index (χ0v) is 18.2. The van der Waals surface area contributed by atoms with E-state index >= 15 is 0 Å². The van der Waals surface area contributed by atoms with Gasteiger partial charge in [-0.2, -0.15) is 5.10 Å². The number of nitrogens with one attached hydrogen (secondary N) is 1. The summed E-state index contributed by atoms with van der Waals surface area (Å²) in [6.45, 7) is 0. The topological polar surface area (TPSA) is 74.0 Å². The van der Waals surface area contributed by atoms with E-state index in [9.17, 15) is 4.79 Å². The minimum atomic E-state index is -0.410. The Morgan fingerprint density at radius 3 is 2.56 bits per heavy atom. The molecule has 0 radical (unpaired) electrons. The minimum Gasteiger partial charge on any atom is -0.497 e. The molecule has 1 aliphatic rings. The van der Waals surface area contributed by atoms with E-state index < -0.39 is 6.04 Å². The molecule has 0 spiro atoms. The second kappa shape index (κ2) is 8.34. The molecule has 1 atom stereocenters. The van der Waals surface area contributed by atoms with Crippen LogP contribution in [0.1, 0.15) is 45.6 Å². The van der Waals surface area contributed by atoms with Gasteiger partial charge in [-0.3, -0.25) is 4.79 Å². The van der Waals surface area contributed by atoms with E-state index in [4.69, 9.17) is 9.84 Å². The van der Waals surface area contributed by atoms with E-state index in [1.807, 2.05) is 77.1 Å². The number of aryl methyl sites for hydroxylation is 1. The van der Waals surface area contributed by atoms with E-state index in [1.54, 1.807) is 13.3 Å². The second-order valence-electron chi connectivity index (χ2n) is 7.95. The summed E-state index contributed by atoms with van der Waals surface area (Å²) in [5, 5.41) is 7.92. The van der Waals surface area contributed by atoms with Gasteiger partial charge in [-0.15, -0.1) is 0 Å². The summed E-state index contributed by atoms with van der Waals surface area (Å²) in [7, 11) is 3.56. The predicted molar refractivity (Wildman–Crippen MR) is 121 cm³/mol. The van der Waals surface area contributed by atoms with Crippen LogP contribution in [0.4, 0.5) is 0 Å². The van der Waals surface area contributed by atoms with Crippen molar-refractivity contribution in [3.63, 3.8) is 0 Å². The Morgan fingerprint density at radius 1 is 1.09 bits per heavy atom. The number of aromatic nitrogens is 4. The third-order valence-electron chi connectivity index (χ3n) is 5.99. The van der Waals surface area contributed by atoms with Gasteiger partial charge in [0, 0.05) is 30.7 Å². The highest BCUT2D eigenvalue weighted by Gasteiger charge is 2.29. The van der Waals surface area contributed by atoms with Gasteiger partial charge in [0.25, 0.3) is 5.91 Å². The van der Waals surface area contributed by atoms with Gasteiger partial charge >= 0.3 is 0 Å². The molecule has 1 N–H and O–H groups in total. The lowest BCUT2D eigenvalue weighted by Gasteiger charge is -2.19. The van der Waals surface area contributed by atoms with E-state index in [1.165, 1.54) is 0 Å². The number of carbonyl (C=O) groups is 1. The zero-order chi connectivity index (χ0) is 22.1. The summed E-state index contributed by atoms with van der Waals surface area (Å²) in [4.78, 5) is 18.0. The number of carbonyl (C=O) groups excluding carboxylic acids is 1. The van der Waals surface area contributed by atoms with Crippen LogP contribution >= 0.6 is 0 Å². The number of imidazole rings is 1. The zero-order valence-electron chi connectivity index (χ0n) is 18.2. The van der Waals surface area contributed by atoms with Crippen molar-refractivity contribution in [2.45, 2.75) is 25.3 Å². The molecule has 7 nitrogen and oxygen atoms in total. The van der Waals surface area contributed by atoms with Crippen molar-refractivity contribution >= 4 is 5.91 Å². The van der Waals surface area contributed by atoms with Crippen molar-refractivity contribution in [3.05, 3.63) is 95.3 Å². The number of ether oxygens (including phenoxy) is 1. The van der Waals surface area contributed by atoms with Crippen LogP contribution in [0.2, 0.25) is 0 Å². The van der Waals surface area contributed by atoms with Crippen LogP contribution in [0.5, 0.6) is 5.75 Å². The quantitative estimate of drug-likeness (QED) is 0.510. The Kier molecular flexibility index (Phi) is 5.23. The van der Waals surface area contributed by atoms with Crippen molar-refractivity contribution in [2.24, 2.45) is 7.05 Å². The molecule has 0 fully saturated rings. The van der Waals surface area contributed by atoms with Gasteiger partial charge in [0.2, 0.25) is 0 Å². The van der Waals surface area contributed by atoms with Gasteiger partial charge in [-0.25, -0.2) is 9.67 Å². The number of hydrogen-bond donors (Lipinski definition) is 1. The van der Waals surface area contributed by atoms with Gasteiger partial charge in [0.15, 0.2) is 5.69 Å². The lowest BCUT2D eigenvalue weighted by atomic mass is 10.0. The van der Waals surface area contributed by atoms with Gasteiger partial charge in [-0.1, -0.05) is 30.3 Å².